The summed E-state index contributed by atoms with van der Waals surface area (Å²) in [6, 6.07) is 1.02. The van der Waals surface area contributed by atoms with Gasteiger partial charge in [-0.3, -0.25) is 5.10 Å². The fourth-order valence-corrected chi connectivity index (χ4v) is 0.669. The second kappa shape index (κ2) is 2.94. The van der Waals surface area contributed by atoms with Crippen LogP contribution in [0, 0.1) is 0 Å². The Balaban J connectivity index is 2.82. The van der Waals surface area contributed by atoms with Crippen LogP contribution < -0.4 is 0 Å². The molecule has 0 saturated carbocycles. The lowest BCUT2D eigenvalue weighted by molar-refractivity contribution is 0.146. The topological polar surface area (TPSA) is 28.7 Å². The van der Waals surface area contributed by atoms with E-state index in [1.54, 1.807) is 0 Å². The van der Waals surface area contributed by atoms with Crippen LogP contribution in [0.2, 0.25) is 0 Å². The van der Waals surface area contributed by atoms with Crippen LogP contribution in [0.5, 0.6) is 0 Å². The summed E-state index contributed by atoms with van der Waals surface area (Å²) in [4.78, 5) is 0. The highest BCUT2D eigenvalue weighted by atomic mass is 19.3. The molecule has 0 amide bonds. The van der Waals surface area contributed by atoms with E-state index in [-0.39, 0.29) is 5.69 Å². The minimum atomic E-state index is -2.64. The highest BCUT2D eigenvalue weighted by Gasteiger charge is 2.13. The molecule has 1 unspecified atom stereocenters. The van der Waals surface area contributed by atoms with Crippen molar-refractivity contribution in [3.63, 3.8) is 0 Å². The summed E-state index contributed by atoms with van der Waals surface area (Å²) in [5.41, 5.74) is -0.329. The predicted molar refractivity (Wildman–Crippen MR) is 33.1 cm³/mol. The highest BCUT2D eigenvalue weighted by Crippen LogP contribution is 2.20. The first kappa shape index (κ1) is 8.10. The molecule has 2 nitrogen and oxygen atoms in total. The van der Waals surface area contributed by atoms with E-state index in [2.05, 4.69) is 10.2 Å². The van der Waals surface area contributed by atoms with Crippen LogP contribution >= 0.6 is 0 Å². The van der Waals surface area contributed by atoms with Gasteiger partial charge in [0, 0.05) is 0 Å². The zero-order valence-electron chi connectivity index (χ0n) is 5.81. The minimum Gasteiger partial charge on any atom is -0.279 e. The molecule has 5 heteroatoms. The van der Waals surface area contributed by atoms with E-state index in [1.807, 2.05) is 0 Å². The molecular formula is C6H7F3N2. The van der Waals surface area contributed by atoms with Crippen molar-refractivity contribution in [1.82, 2.24) is 10.2 Å². The third-order valence-electron chi connectivity index (χ3n) is 1.27. The Labute approximate surface area is 61.4 Å². The summed E-state index contributed by atoms with van der Waals surface area (Å²) in [6.45, 7) is 1.25. The maximum absolute atomic E-state index is 12.4. The monoisotopic (exact) mass is 164 g/mol. The fourth-order valence-electron chi connectivity index (χ4n) is 0.669. The first-order valence-corrected chi connectivity index (χ1v) is 3.08. The van der Waals surface area contributed by atoms with E-state index in [4.69, 9.17) is 0 Å². The summed E-state index contributed by atoms with van der Waals surface area (Å²) in [5, 5.41) is 5.40. The van der Waals surface area contributed by atoms with Gasteiger partial charge in [-0.25, -0.2) is 13.2 Å². The zero-order chi connectivity index (χ0) is 8.43. The molecule has 0 aliphatic rings. The third kappa shape index (κ3) is 1.72. The Morgan fingerprint density at radius 1 is 1.45 bits per heavy atom. The maximum Gasteiger partial charge on any atom is 0.282 e. The maximum atomic E-state index is 12.4. The molecule has 1 aromatic heterocycles. The first-order chi connectivity index (χ1) is 5.11. The lowest BCUT2D eigenvalue weighted by Gasteiger charge is -1.92. The van der Waals surface area contributed by atoms with Crippen molar-refractivity contribution in [3.8, 4) is 0 Å². The molecule has 0 aliphatic carbocycles. The Morgan fingerprint density at radius 3 is 2.36 bits per heavy atom. The Bertz CT molecular complexity index is 209. The number of nitrogens with zero attached hydrogens (tertiary/aromatic N) is 1. The van der Waals surface area contributed by atoms with E-state index in [9.17, 15) is 13.2 Å². The van der Waals surface area contributed by atoms with Crippen LogP contribution in [0.3, 0.4) is 0 Å². The van der Waals surface area contributed by atoms with Crippen molar-refractivity contribution in [2.75, 3.05) is 0 Å². The molecule has 1 N–H and O–H groups in total. The Kier molecular flexibility index (Phi) is 2.16. The molecule has 1 aromatic rings. The first-order valence-electron chi connectivity index (χ1n) is 3.08. The molecule has 1 rings (SSSR count). The number of hydrogen-bond acceptors (Lipinski definition) is 1. The largest absolute Gasteiger partial charge is 0.282 e. The van der Waals surface area contributed by atoms with E-state index in [1.165, 1.54) is 6.92 Å². The van der Waals surface area contributed by atoms with Crippen LogP contribution in [0.1, 0.15) is 30.9 Å². The average Bonchev–Trinajstić information content (AvgIpc) is 2.33. The van der Waals surface area contributed by atoms with Gasteiger partial charge >= 0.3 is 0 Å². The number of aromatic amines is 1. The van der Waals surface area contributed by atoms with Gasteiger partial charge in [-0.2, -0.15) is 5.10 Å². The summed E-state index contributed by atoms with van der Waals surface area (Å²) < 4.78 is 36.1. The molecule has 62 valence electrons. The molecule has 0 spiro atoms. The lowest BCUT2D eigenvalue weighted by atomic mass is 10.3. The predicted octanol–water partition coefficient (Wildman–Crippen LogP) is 2.38. The van der Waals surface area contributed by atoms with Crippen LogP contribution in [0.15, 0.2) is 6.07 Å². The van der Waals surface area contributed by atoms with Crippen LogP contribution in [-0.2, 0) is 0 Å². The van der Waals surface area contributed by atoms with Gasteiger partial charge in [0.1, 0.15) is 11.9 Å². The lowest BCUT2D eigenvalue weighted by Crippen LogP contribution is -1.83. The molecule has 0 aliphatic heterocycles. The smallest absolute Gasteiger partial charge is 0.279 e. The Hall–Kier alpha value is -1.00. The van der Waals surface area contributed by atoms with E-state index < -0.39 is 18.3 Å². The number of H-pyrrole nitrogens is 1. The zero-order valence-corrected chi connectivity index (χ0v) is 5.81. The van der Waals surface area contributed by atoms with Gasteiger partial charge in [0.25, 0.3) is 6.43 Å². The highest BCUT2D eigenvalue weighted by molar-refractivity contribution is 5.11. The summed E-state index contributed by atoms with van der Waals surface area (Å²) in [5.74, 6) is 0. The van der Waals surface area contributed by atoms with Gasteiger partial charge in [-0.05, 0) is 13.0 Å². The van der Waals surface area contributed by atoms with E-state index in [0.717, 1.165) is 6.07 Å². The van der Waals surface area contributed by atoms with E-state index >= 15 is 0 Å². The molecule has 0 bridgehead atoms. The van der Waals surface area contributed by atoms with Gasteiger partial charge < -0.3 is 0 Å². The molecule has 0 fully saturated rings. The molecule has 1 atom stereocenters. The van der Waals surface area contributed by atoms with Crippen molar-refractivity contribution >= 4 is 0 Å². The number of rotatable bonds is 2. The number of nitrogens with one attached hydrogen (secondary N) is 1. The Morgan fingerprint density at radius 2 is 2.09 bits per heavy atom. The van der Waals surface area contributed by atoms with E-state index in [0.29, 0.717) is 0 Å². The molecular weight excluding hydrogens is 157 g/mol. The van der Waals surface area contributed by atoms with Gasteiger partial charge in [0.15, 0.2) is 0 Å². The quantitative estimate of drug-likeness (QED) is 0.714. The fraction of sp³-hybridized carbons (Fsp3) is 0.500. The molecule has 0 radical (unpaired) electrons. The number of aromatic nitrogens is 2. The van der Waals surface area contributed by atoms with Crippen LogP contribution in [0.25, 0.3) is 0 Å². The average molecular weight is 164 g/mol. The van der Waals surface area contributed by atoms with Gasteiger partial charge in [0.05, 0.1) is 5.69 Å². The summed E-state index contributed by atoms with van der Waals surface area (Å²) >= 11 is 0. The second-order valence-electron chi connectivity index (χ2n) is 2.16. The van der Waals surface area contributed by atoms with Crippen LogP contribution in [-0.4, -0.2) is 10.2 Å². The normalized spacial score (nSPS) is 13.9. The van der Waals surface area contributed by atoms with Crippen molar-refractivity contribution in [2.45, 2.75) is 19.5 Å². The van der Waals surface area contributed by atoms with Crippen molar-refractivity contribution in [1.29, 1.82) is 0 Å². The van der Waals surface area contributed by atoms with Crippen LogP contribution in [0.4, 0.5) is 13.2 Å². The molecule has 1 heterocycles. The standard InChI is InChI=1S/C6H7F3N2/c1-3(7)4-2-5(6(8)9)11-10-4/h2-3,6H,1H3,(H,10,11). The summed E-state index contributed by atoms with van der Waals surface area (Å²) in [6.07, 6.45) is -3.92. The van der Waals surface area contributed by atoms with Gasteiger partial charge in [-0.1, -0.05) is 0 Å². The molecule has 0 aromatic carbocycles. The molecule has 11 heavy (non-hydrogen) atoms. The third-order valence-corrected chi connectivity index (χ3v) is 1.27. The second-order valence-corrected chi connectivity index (χ2v) is 2.16. The SMILES string of the molecule is CC(F)c1cc(C(F)F)n[nH]1. The van der Waals surface area contributed by atoms with Crippen molar-refractivity contribution in [2.24, 2.45) is 0 Å². The minimum absolute atomic E-state index is 0.0836. The van der Waals surface area contributed by atoms with Crippen molar-refractivity contribution < 1.29 is 13.2 Å². The number of alkyl halides is 3. The van der Waals surface area contributed by atoms with Crippen molar-refractivity contribution in [3.05, 3.63) is 17.5 Å². The number of halogens is 3. The van der Waals surface area contributed by atoms with Gasteiger partial charge in [-0.15, -0.1) is 0 Å². The molecule has 0 saturated heterocycles. The summed E-state index contributed by atoms with van der Waals surface area (Å²) in [7, 11) is 0. The van der Waals surface area contributed by atoms with Gasteiger partial charge in [0.2, 0.25) is 0 Å². The number of hydrogen-bond donors (Lipinski definition) is 1.